The molecule has 3 amide bonds. The molecule has 32 heavy (non-hydrogen) atoms. The lowest BCUT2D eigenvalue weighted by Gasteiger charge is -2.43. The number of benzene rings is 1. The molecule has 1 aliphatic carbocycles. The average molecular weight is 442 g/mol. The van der Waals surface area contributed by atoms with Gasteiger partial charge in [-0.3, -0.25) is 14.4 Å². The van der Waals surface area contributed by atoms with Gasteiger partial charge in [0.05, 0.1) is 12.7 Å². The van der Waals surface area contributed by atoms with E-state index < -0.39 is 11.6 Å². The van der Waals surface area contributed by atoms with Crippen LogP contribution in [0.3, 0.4) is 0 Å². The number of carbonyl (C=O) groups is 3. The molecule has 1 aromatic rings. The Morgan fingerprint density at radius 2 is 1.78 bits per heavy atom. The van der Waals surface area contributed by atoms with Crippen LogP contribution in [0.4, 0.5) is 5.69 Å². The van der Waals surface area contributed by atoms with E-state index in [1.54, 1.807) is 16.7 Å². The van der Waals surface area contributed by atoms with Gasteiger partial charge < -0.3 is 25.8 Å². The van der Waals surface area contributed by atoms with E-state index in [0.717, 1.165) is 31.4 Å². The smallest absolute Gasteiger partial charge is 0.250 e. The van der Waals surface area contributed by atoms with Crippen molar-refractivity contribution in [3.63, 3.8) is 0 Å². The molecule has 8 heteroatoms. The first-order valence-electron chi connectivity index (χ1n) is 11.9. The third-order valence-electron chi connectivity index (χ3n) is 7.18. The molecule has 3 fully saturated rings. The third kappa shape index (κ3) is 4.46. The van der Waals surface area contributed by atoms with Gasteiger partial charge >= 0.3 is 0 Å². The molecule has 1 saturated carbocycles. The number of rotatable bonds is 5. The second-order valence-corrected chi connectivity index (χ2v) is 9.46. The van der Waals surface area contributed by atoms with Crippen LogP contribution < -0.4 is 16.0 Å². The van der Waals surface area contributed by atoms with E-state index in [2.05, 4.69) is 10.2 Å². The molecular weight excluding hydrogens is 406 g/mol. The van der Waals surface area contributed by atoms with Crippen molar-refractivity contribution < 1.29 is 14.4 Å². The summed E-state index contributed by atoms with van der Waals surface area (Å²) >= 11 is 0. The molecule has 2 heterocycles. The minimum Gasteiger partial charge on any atom is -0.352 e. The first kappa shape index (κ1) is 22.6. The molecule has 174 valence electrons. The molecule has 1 atom stereocenters. The number of nitrogens with zero attached hydrogens (tertiary/aromatic N) is 3. The van der Waals surface area contributed by atoms with Crippen LogP contribution in [-0.2, 0) is 14.4 Å². The minimum absolute atomic E-state index is 0.0203. The Balaban J connectivity index is 1.50. The minimum atomic E-state index is -0.735. The molecule has 1 spiro atoms. The van der Waals surface area contributed by atoms with E-state index in [-0.39, 0.29) is 30.3 Å². The highest BCUT2D eigenvalue weighted by Crippen LogP contribution is 2.39. The molecule has 8 nitrogen and oxygen atoms in total. The van der Waals surface area contributed by atoms with Crippen LogP contribution >= 0.6 is 0 Å². The highest BCUT2D eigenvalue weighted by molar-refractivity contribution is 5.96. The number of carbonyl (C=O) groups excluding carboxylic acids is 3. The van der Waals surface area contributed by atoms with Crippen LogP contribution in [0.2, 0.25) is 0 Å². The maximum Gasteiger partial charge on any atom is 0.250 e. The molecule has 0 unspecified atom stereocenters. The summed E-state index contributed by atoms with van der Waals surface area (Å²) in [5, 5.41) is 3.13. The number of piperidine rings is 1. The Bertz CT molecular complexity index is 829. The van der Waals surface area contributed by atoms with Gasteiger partial charge in [0.1, 0.15) is 12.1 Å². The number of hydrogen-bond acceptors (Lipinski definition) is 5. The van der Waals surface area contributed by atoms with Gasteiger partial charge in [-0.2, -0.15) is 0 Å². The topological polar surface area (TPSA) is 99.0 Å². The Morgan fingerprint density at radius 1 is 1.12 bits per heavy atom. The number of nitrogens with one attached hydrogen (secondary N) is 1. The number of likely N-dealkylation sites (tertiary alicyclic amines) is 1. The Labute approximate surface area is 190 Å². The third-order valence-corrected chi connectivity index (χ3v) is 7.18. The highest BCUT2D eigenvalue weighted by Gasteiger charge is 2.54. The quantitative estimate of drug-likeness (QED) is 0.721. The number of nitrogens with two attached hydrogens (primary N) is 1. The fourth-order valence-corrected chi connectivity index (χ4v) is 5.40. The monoisotopic (exact) mass is 441 g/mol. The van der Waals surface area contributed by atoms with Crippen molar-refractivity contribution in [1.29, 1.82) is 0 Å². The van der Waals surface area contributed by atoms with E-state index in [1.807, 2.05) is 30.3 Å². The zero-order chi connectivity index (χ0) is 22.7. The first-order chi connectivity index (χ1) is 15.4. The number of para-hydroxylation sites is 1. The zero-order valence-electron chi connectivity index (χ0n) is 19.0. The first-order valence-corrected chi connectivity index (χ1v) is 11.9. The summed E-state index contributed by atoms with van der Waals surface area (Å²) in [7, 11) is 0. The molecule has 4 rings (SSSR count). The van der Waals surface area contributed by atoms with E-state index >= 15 is 0 Å². The second-order valence-electron chi connectivity index (χ2n) is 9.46. The normalized spacial score (nSPS) is 22.3. The standard InChI is InChI=1S/C24H35N5O3/c1-18(25)22(31)27-14-12-24(13-15-27)23(32)28(17-29(24)20-10-6-3-7-11-20)16-21(30)26-19-8-4-2-5-9-19/h3,6-7,10-11,18-19H,2,4-5,8-9,12-17,25H2,1H3,(H,26,30)/t18-/m1/s1. The Morgan fingerprint density at radius 3 is 2.41 bits per heavy atom. The predicted molar refractivity (Wildman–Crippen MR) is 123 cm³/mol. The molecule has 3 aliphatic rings. The van der Waals surface area contributed by atoms with Crippen molar-refractivity contribution in [3.05, 3.63) is 30.3 Å². The van der Waals surface area contributed by atoms with Crippen molar-refractivity contribution in [1.82, 2.24) is 15.1 Å². The van der Waals surface area contributed by atoms with Crippen LogP contribution in [0.5, 0.6) is 0 Å². The summed E-state index contributed by atoms with van der Waals surface area (Å²) < 4.78 is 0. The summed E-state index contributed by atoms with van der Waals surface area (Å²) in [4.78, 5) is 44.4. The van der Waals surface area contributed by atoms with Crippen molar-refractivity contribution in [3.8, 4) is 0 Å². The van der Waals surface area contributed by atoms with Gasteiger partial charge in [0, 0.05) is 24.8 Å². The van der Waals surface area contributed by atoms with Crippen molar-refractivity contribution >= 4 is 23.4 Å². The van der Waals surface area contributed by atoms with Crippen molar-refractivity contribution in [2.24, 2.45) is 5.73 Å². The van der Waals surface area contributed by atoms with Crippen LogP contribution in [-0.4, -0.2) is 71.4 Å². The van der Waals surface area contributed by atoms with Gasteiger partial charge in [-0.05, 0) is 44.7 Å². The lowest BCUT2D eigenvalue weighted by Crippen LogP contribution is -2.58. The number of anilines is 1. The molecule has 0 radical (unpaired) electrons. The summed E-state index contributed by atoms with van der Waals surface area (Å²) in [5.41, 5.74) is 6.02. The van der Waals surface area contributed by atoms with Crippen LogP contribution in [0.15, 0.2) is 30.3 Å². The van der Waals surface area contributed by atoms with Crippen molar-refractivity contribution in [2.75, 3.05) is 31.2 Å². The molecule has 0 aromatic heterocycles. The Hall–Kier alpha value is -2.61. The molecular formula is C24H35N5O3. The summed E-state index contributed by atoms with van der Waals surface area (Å²) in [6, 6.07) is 9.55. The van der Waals surface area contributed by atoms with Crippen LogP contribution in [0, 0.1) is 0 Å². The molecule has 0 bridgehead atoms. The Kier molecular flexibility index (Phi) is 6.69. The van der Waals surface area contributed by atoms with Gasteiger partial charge in [0.15, 0.2) is 0 Å². The van der Waals surface area contributed by atoms with Crippen molar-refractivity contribution in [2.45, 2.75) is 69.5 Å². The van der Waals surface area contributed by atoms with E-state index in [0.29, 0.717) is 32.6 Å². The maximum absolute atomic E-state index is 13.7. The highest BCUT2D eigenvalue weighted by atomic mass is 16.2. The van der Waals surface area contributed by atoms with E-state index in [1.165, 1.54) is 6.42 Å². The lowest BCUT2D eigenvalue weighted by atomic mass is 9.85. The molecule has 3 N–H and O–H groups in total. The van der Waals surface area contributed by atoms with Gasteiger partial charge in [-0.25, -0.2) is 0 Å². The molecule has 2 aliphatic heterocycles. The second kappa shape index (κ2) is 9.48. The SMILES string of the molecule is C[C@@H](N)C(=O)N1CCC2(CC1)C(=O)N(CC(=O)NC1CCCCC1)CN2c1ccccc1. The average Bonchev–Trinajstić information content (AvgIpc) is 3.06. The fraction of sp³-hybridized carbons (Fsp3) is 0.625. The summed E-state index contributed by atoms with van der Waals surface area (Å²) in [6.07, 6.45) is 6.62. The lowest BCUT2D eigenvalue weighted by molar-refractivity contribution is -0.140. The van der Waals surface area contributed by atoms with Gasteiger partial charge in [0.25, 0.3) is 5.91 Å². The van der Waals surface area contributed by atoms with E-state index in [9.17, 15) is 14.4 Å². The molecule has 2 saturated heterocycles. The summed E-state index contributed by atoms with van der Waals surface area (Å²) in [5.74, 6) is -0.187. The van der Waals surface area contributed by atoms with Gasteiger partial charge in [0.2, 0.25) is 11.8 Å². The molecule has 1 aromatic carbocycles. The largest absolute Gasteiger partial charge is 0.352 e. The fourth-order valence-electron chi connectivity index (χ4n) is 5.40. The van der Waals surface area contributed by atoms with Gasteiger partial charge in [-0.15, -0.1) is 0 Å². The number of amides is 3. The predicted octanol–water partition coefficient (Wildman–Crippen LogP) is 1.45. The van der Waals surface area contributed by atoms with Crippen LogP contribution in [0.1, 0.15) is 51.9 Å². The van der Waals surface area contributed by atoms with Crippen LogP contribution in [0.25, 0.3) is 0 Å². The maximum atomic E-state index is 13.7. The van der Waals surface area contributed by atoms with Gasteiger partial charge in [-0.1, -0.05) is 37.5 Å². The number of hydrogen-bond donors (Lipinski definition) is 2. The zero-order valence-corrected chi connectivity index (χ0v) is 19.0. The van der Waals surface area contributed by atoms with E-state index in [4.69, 9.17) is 5.73 Å². The summed E-state index contributed by atoms with van der Waals surface area (Å²) in [6.45, 7) is 3.11.